The van der Waals surface area contributed by atoms with Crippen LogP contribution in [0.1, 0.15) is 16.8 Å². The lowest BCUT2D eigenvalue weighted by Gasteiger charge is -2.13. The Morgan fingerprint density at radius 2 is 2.17 bits per heavy atom. The first-order valence-electron chi connectivity index (χ1n) is 5.79. The van der Waals surface area contributed by atoms with Gasteiger partial charge in [-0.05, 0) is 12.1 Å². The molecule has 5 nitrogen and oxygen atoms in total. The first-order valence-corrected chi connectivity index (χ1v) is 5.79. The third kappa shape index (κ3) is 2.45. The monoisotopic (exact) mass is 248 g/mol. The van der Waals surface area contributed by atoms with Gasteiger partial charge in [0.2, 0.25) is 5.91 Å². The Hall–Kier alpha value is -2.04. The number of likely N-dealkylation sites (N-methyl/N-ethyl adjacent to an activating group) is 1. The molecule has 1 aromatic carbocycles. The second-order valence-corrected chi connectivity index (χ2v) is 4.35. The van der Waals surface area contributed by atoms with Crippen LogP contribution >= 0.6 is 0 Å². The van der Waals surface area contributed by atoms with Gasteiger partial charge in [-0.15, -0.1) is 0 Å². The van der Waals surface area contributed by atoms with Crippen molar-refractivity contribution in [1.29, 1.82) is 0 Å². The molecule has 0 bridgehead atoms. The zero-order valence-corrected chi connectivity index (χ0v) is 10.5. The normalized spacial score (nSPS) is 18.9. The maximum absolute atomic E-state index is 12.1. The summed E-state index contributed by atoms with van der Waals surface area (Å²) >= 11 is 0. The SMILES string of the molecule is COc1ccccc1C(=O)NC1CC(=O)N(C)C1. The van der Waals surface area contributed by atoms with Gasteiger partial charge in [-0.1, -0.05) is 12.1 Å². The molecule has 1 aromatic rings. The summed E-state index contributed by atoms with van der Waals surface area (Å²) < 4.78 is 5.13. The van der Waals surface area contributed by atoms with E-state index in [0.717, 1.165) is 0 Å². The first-order chi connectivity index (χ1) is 8.61. The lowest BCUT2D eigenvalue weighted by atomic mass is 10.1. The van der Waals surface area contributed by atoms with Crippen molar-refractivity contribution in [2.45, 2.75) is 12.5 Å². The number of para-hydroxylation sites is 1. The minimum Gasteiger partial charge on any atom is -0.496 e. The number of methoxy groups -OCH3 is 1. The highest BCUT2D eigenvalue weighted by molar-refractivity contribution is 5.97. The van der Waals surface area contributed by atoms with Crippen LogP contribution in [0.2, 0.25) is 0 Å². The number of nitrogens with one attached hydrogen (secondary N) is 1. The molecule has 1 atom stereocenters. The molecule has 18 heavy (non-hydrogen) atoms. The zero-order chi connectivity index (χ0) is 13.1. The number of carbonyl (C=O) groups excluding carboxylic acids is 2. The molecule has 96 valence electrons. The van der Waals surface area contributed by atoms with Crippen LogP contribution in [0.25, 0.3) is 0 Å². The lowest BCUT2D eigenvalue weighted by Crippen LogP contribution is -2.36. The van der Waals surface area contributed by atoms with Gasteiger partial charge in [-0.3, -0.25) is 9.59 Å². The third-order valence-electron chi connectivity index (χ3n) is 3.03. The van der Waals surface area contributed by atoms with E-state index in [2.05, 4.69) is 5.32 Å². The predicted octanol–water partition coefficient (Wildman–Crippen LogP) is 0.656. The summed E-state index contributed by atoms with van der Waals surface area (Å²) in [5.74, 6) is 0.383. The Balaban J connectivity index is 2.06. The Kier molecular flexibility index (Phi) is 3.50. The van der Waals surface area contributed by atoms with Gasteiger partial charge in [0.25, 0.3) is 5.91 Å². The summed E-state index contributed by atoms with van der Waals surface area (Å²) in [7, 11) is 3.26. The number of likely N-dealkylation sites (tertiary alicyclic amines) is 1. The van der Waals surface area contributed by atoms with Crippen LogP contribution in [0.3, 0.4) is 0 Å². The number of rotatable bonds is 3. The highest BCUT2D eigenvalue weighted by atomic mass is 16.5. The van der Waals surface area contributed by atoms with Crippen LogP contribution in [0.15, 0.2) is 24.3 Å². The molecule has 1 N–H and O–H groups in total. The number of amides is 2. The van der Waals surface area contributed by atoms with Gasteiger partial charge in [-0.25, -0.2) is 0 Å². The smallest absolute Gasteiger partial charge is 0.255 e. The fraction of sp³-hybridized carbons (Fsp3) is 0.385. The van der Waals surface area contributed by atoms with Crippen molar-refractivity contribution in [2.24, 2.45) is 0 Å². The fourth-order valence-electron chi connectivity index (χ4n) is 2.06. The van der Waals surface area contributed by atoms with E-state index in [1.165, 1.54) is 7.11 Å². The van der Waals surface area contributed by atoms with Crippen LogP contribution < -0.4 is 10.1 Å². The van der Waals surface area contributed by atoms with E-state index in [0.29, 0.717) is 24.3 Å². The molecule has 5 heteroatoms. The molecule has 0 saturated carbocycles. The maximum atomic E-state index is 12.1. The number of benzene rings is 1. The average molecular weight is 248 g/mol. The largest absolute Gasteiger partial charge is 0.496 e. The third-order valence-corrected chi connectivity index (χ3v) is 3.03. The Morgan fingerprint density at radius 1 is 1.44 bits per heavy atom. The summed E-state index contributed by atoms with van der Waals surface area (Å²) in [5, 5.41) is 2.85. The predicted molar refractivity (Wildman–Crippen MR) is 66.5 cm³/mol. The highest BCUT2D eigenvalue weighted by Gasteiger charge is 2.28. The highest BCUT2D eigenvalue weighted by Crippen LogP contribution is 2.18. The Bertz CT molecular complexity index is 473. The van der Waals surface area contributed by atoms with Gasteiger partial charge in [0.05, 0.1) is 18.7 Å². The van der Waals surface area contributed by atoms with Crippen LogP contribution in [0, 0.1) is 0 Å². The summed E-state index contributed by atoms with van der Waals surface area (Å²) in [6, 6.07) is 6.90. The van der Waals surface area contributed by atoms with Crippen molar-refractivity contribution in [2.75, 3.05) is 20.7 Å². The van der Waals surface area contributed by atoms with Crippen molar-refractivity contribution < 1.29 is 14.3 Å². The Labute approximate surface area is 106 Å². The van der Waals surface area contributed by atoms with E-state index in [4.69, 9.17) is 4.74 Å². The van der Waals surface area contributed by atoms with Crippen molar-refractivity contribution in [3.8, 4) is 5.75 Å². The minimum absolute atomic E-state index is 0.0559. The number of carbonyl (C=O) groups is 2. The first kappa shape index (κ1) is 12.4. The van der Waals surface area contributed by atoms with Crippen molar-refractivity contribution in [3.05, 3.63) is 29.8 Å². The molecule has 0 aromatic heterocycles. The quantitative estimate of drug-likeness (QED) is 0.854. The van der Waals surface area contributed by atoms with Crippen molar-refractivity contribution in [1.82, 2.24) is 10.2 Å². The lowest BCUT2D eigenvalue weighted by molar-refractivity contribution is -0.126. The maximum Gasteiger partial charge on any atom is 0.255 e. The molecular weight excluding hydrogens is 232 g/mol. The summed E-state index contributed by atoms with van der Waals surface area (Å²) in [6.07, 6.45) is 0.359. The second-order valence-electron chi connectivity index (χ2n) is 4.35. The molecule has 2 amide bonds. The van der Waals surface area contributed by atoms with E-state index in [1.54, 1.807) is 30.1 Å². The van der Waals surface area contributed by atoms with Crippen LogP contribution in [-0.4, -0.2) is 43.5 Å². The van der Waals surface area contributed by atoms with Crippen molar-refractivity contribution in [3.63, 3.8) is 0 Å². The van der Waals surface area contributed by atoms with E-state index in [1.807, 2.05) is 6.07 Å². The van der Waals surface area contributed by atoms with E-state index in [9.17, 15) is 9.59 Å². The van der Waals surface area contributed by atoms with Crippen LogP contribution in [0.4, 0.5) is 0 Å². The summed E-state index contributed by atoms with van der Waals surface area (Å²) in [5.41, 5.74) is 0.488. The Morgan fingerprint density at radius 3 is 2.78 bits per heavy atom. The minimum atomic E-state index is -0.208. The number of hydrogen-bond donors (Lipinski definition) is 1. The van der Waals surface area contributed by atoms with Gasteiger partial charge < -0.3 is 15.0 Å². The number of nitrogens with zero attached hydrogens (tertiary/aromatic N) is 1. The van der Waals surface area contributed by atoms with Gasteiger partial charge >= 0.3 is 0 Å². The number of ether oxygens (including phenoxy) is 1. The molecular formula is C13H16N2O3. The molecule has 1 aliphatic heterocycles. The summed E-state index contributed by atoms with van der Waals surface area (Å²) in [4.78, 5) is 25.1. The number of hydrogen-bond acceptors (Lipinski definition) is 3. The molecule has 1 unspecified atom stereocenters. The van der Waals surface area contributed by atoms with Crippen LogP contribution in [-0.2, 0) is 4.79 Å². The topological polar surface area (TPSA) is 58.6 Å². The summed E-state index contributed by atoms with van der Waals surface area (Å²) in [6.45, 7) is 0.555. The molecule has 1 saturated heterocycles. The zero-order valence-electron chi connectivity index (χ0n) is 10.5. The van der Waals surface area contributed by atoms with E-state index in [-0.39, 0.29) is 17.9 Å². The van der Waals surface area contributed by atoms with Gasteiger partial charge in [0, 0.05) is 20.0 Å². The van der Waals surface area contributed by atoms with E-state index < -0.39 is 0 Å². The fourth-order valence-corrected chi connectivity index (χ4v) is 2.06. The molecule has 0 aliphatic carbocycles. The van der Waals surface area contributed by atoms with Crippen LogP contribution in [0.5, 0.6) is 5.75 Å². The molecule has 1 fully saturated rings. The van der Waals surface area contributed by atoms with Crippen molar-refractivity contribution >= 4 is 11.8 Å². The van der Waals surface area contributed by atoms with Gasteiger partial charge in [0.15, 0.2) is 0 Å². The standard InChI is InChI=1S/C13H16N2O3/c1-15-8-9(7-12(15)16)14-13(17)10-5-3-4-6-11(10)18-2/h3-6,9H,7-8H2,1-2H3,(H,14,17). The molecule has 0 spiro atoms. The molecule has 1 heterocycles. The molecule has 0 radical (unpaired) electrons. The molecule has 1 aliphatic rings. The average Bonchev–Trinajstić information content (AvgIpc) is 2.68. The van der Waals surface area contributed by atoms with Gasteiger partial charge in [-0.2, -0.15) is 0 Å². The van der Waals surface area contributed by atoms with Gasteiger partial charge in [0.1, 0.15) is 5.75 Å². The second kappa shape index (κ2) is 5.08. The van der Waals surface area contributed by atoms with E-state index >= 15 is 0 Å². The molecule has 2 rings (SSSR count).